The number of carbonyl (C=O) groups is 2. The fraction of sp³-hybridized carbons (Fsp3) is 0.333. The quantitative estimate of drug-likeness (QED) is 0.496. The van der Waals surface area contributed by atoms with Crippen LogP contribution in [0.4, 0.5) is 0 Å². The minimum atomic E-state index is -0.237. The molecule has 0 saturated heterocycles. The van der Waals surface area contributed by atoms with Gasteiger partial charge in [-0.1, -0.05) is 30.3 Å². The van der Waals surface area contributed by atoms with E-state index in [0.29, 0.717) is 18.1 Å². The number of thioether (sulfide) groups is 1. The largest absolute Gasteiger partial charge is 0.350 e. The van der Waals surface area contributed by atoms with Crippen molar-refractivity contribution in [3.63, 3.8) is 0 Å². The maximum atomic E-state index is 12.4. The first-order valence-electron chi connectivity index (χ1n) is 9.78. The Morgan fingerprint density at radius 2 is 1.97 bits per heavy atom. The highest BCUT2D eigenvalue weighted by atomic mass is 32.2. The van der Waals surface area contributed by atoms with E-state index >= 15 is 0 Å². The molecule has 0 radical (unpaired) electrons. The number of hydrogen-bond donors (Lipinski definition) is 3. The van der Waals surface area contributed by atoms with Gasteiger partial charge in [0.05, 0.1) is 23.4 Å². The monoisotopic (exact) mass is 442 g/mol. The van der Waals surface area contributed by atoms with Gasteiger partial charge in [-0.2, -0.15) is 0 Å². The zero-order valence-electron chi connectivity index (χ0n) is 16.3. The summed E-state index contributed by atoms with van der Waals surface area (Å²) in [5.41, 5.74) is 2.07. The Kier molecular flexibility index (Phi) is 6.49. The van der Waals surface area contributed by atoms with E-state index in [2.05, 4.69) is 20.6 Å². The van der Waals surface area contributed by atoms with Crippen LogP contribution in [0.3, 0.4) is 0 Å². The van der Waals surface area contributed by atoms with E-state index in [4.69, 9.17) is 0 Å². The third kappa shape index (κ3) is 4.91. The molecule has 2 amide bonds. The van der Waals surface area contributed by atoms with Crippen molar-refractivity contribution in [1.82, 2.24) is 20.6 Å². The van der Waals surface area contributed by atoms with Crippen LogP contribution in [0.15, 0.2) is 35.1 Å². The van der Waals surface area contributed by atoms with Gasteiger partial charge in [-0.25, -0.2) is 4.98 Å². The second kappa shape index (κ2) is 9.44. The predicted octanol–water partition coefficient (Wildman–Crippen LogP) is 2.14. The van der Waals surface area contributed by atoms with Crippen molar-refractivity contribution in [2.24, 2.45) is 0 Å². The molecule has 0 saturated carbocycles. The summed E-state index contributed by atoms with van der Waals surface area (Å²) >= 11 is 2.96. The molecule has 0 unspecified atom stereocenters. The van der Waals surface area contributed by atoms with Gasteiger partial charge >= 0.3 is 0 Å². The molecule has 3 aromatic rings. The van der Waals surface area contributed by atoms with Crippen LogP contribution in [0.2, 0.25) is 0 Å². The number of nitrogens with one attached hydrogen (secondary N) is 3. The molecule has 1 aromatic carbocycles. The van der Waals surface area contributed by atoms with Crippen LogP contribution in [-0.2, 0) is 34.7 Å². The molecule has 9 heteroatoms. The van der Waals surface area contributed by atoms with Gasteiger partial charge in [0, 0.05) is 11.4 Å². The van der Waals surface area contributed by atoms with E-state index in [0.717, 1.165) is 40.6 Å². The van der Waals surface area contributed by atoms with Gasteiger partial charge in [0.15, 0.2) is 0 Å². The van der Waals surface area contributed by atoms with Crippen LogP contribution in [0.25, 0.3) is 10.2 Å². The fourth-order valence-electron chi connectivity index (χ4n) is 3.44. The van der Waals surface area contributed by atoms with Gasteiger partial charge in [0.2, 0.25) is 11.8 Å². The number of aryl methyl sites for hydroxylation is 2. The number of rotatable bonds is 8. The summed E-state index contributed by atoms with van der Waals surface area (Å²) in [6, 6.07) is 9.58. The Hall–Kier alpha value is -2.65. The van der Waals surface area contributed by atoms with Crippen molar-refractivity contribution >= 4 is 45.1 Å². The van der Waals surface area contributed by atoms with Crippen molar-refractivity contribution in [1.29, 1.82) is 0 Å². The summed E-state index contributed by atoms with van der Waals surface area (Å²) in [7, 11) is 0. The minimum Gasteiger partial charge on any atom is -0.350 e. The highest BCUT2D eigenvalue weighted by Gasteiger charge is 2.21. The van der Waals surface area contributed by atoms with Gasteiger partial charge in [-0.3, -0.25) is 14.4 Å². The van der Waals surface area contributed by atoms with Crippen molar-refractivity contribution in [2.45, 2.75) is 31.6 Å². The molecule has 156 valence electrons. The first-order valence-corrected chi connectivity index (χ1v) is 11.8. The lowest BCUT2D eigenvalue weighted by Crippen LogP contribution is -2.37. The first kappa shape index (κ1) is 20.6. The molecule has 3 N–H and O–H groups in total. The molecule has 2 heterocycles. The highest BCUT2D eigenvalue weighted by molar-refractivity contribution is 7.99. The van der Waals surface area contributed by atoms with Gasteiger partial charge in [-0.15, -0.1) is 23.1 Å². The average Bonchev–Trinajstić information content (AvgIpc) is 3.32. The van der Waals surface area contributed by atoms with Crippen LogP contribution < -0.4 is 16.2 Å². The molecule has 0 bridgehead atoms. The second-order valence-corrected chi connectivity index (χ2v) is 9.15. The summed E-state index contributed by atoms with van der Waals surface area (Å²) in [6.07, 6.45) is 3.08. The molecule has 0 spiro atoms. The third-order valence-corrected chi connectivity index (χ3v) is 7.00. The zero-order chi connectivity index (χ0) is 20.9. The molecule has 30 heavy (non-hydrogen) atoms. The highest BCUT2D eigenvalue weighted by Crippen LogP contribution is 2.34. The number of benzene rings is 1. The van der Waals surface area contributed by atoms with E-state index in [-0.39, 0.29) is 29.7 Å². The van der Waals surface area contributed by atoms with Gasteiger partial charge in [0.1, 0.15) is 10.7 Å². The molecule has 0 fully saturated rings. The van der Waals surface area contributed by atoms with Crippen LogP contribution in [0, 0.1) is 0 Å². The first-order chi connectivity index (χ1) is 14.6. The summed E-state index contributed by atoms with van der Waals surface area (Å²) < 4.78 is 0. The van der Waals surface area contributed by atoms with Crippen molar-refractivity contribution in [3.8, 4) is 0 Å². The van der Waals surface area contributed by atoms with Crippen molar-refractivity contribution in [2.75, 3.05) is 12.3 Å². The Morgan fingerprint density at radius 1 is 1.13 bits per heavy atom. The number of hydrogen-bond acceptors (Lipinski definition) is 6. The van der Waals surface area contributed by atoms with E-state index in [1.807, 2.05) is 30.3 Å². The Bertz CT molecular complexity index is 1120. The van der Waals surface area contributed by atoms with Crippen LogP contribution >= 0.6 is 23.1 Å². The molecule has 0 aliphatic heterocycles. The SMILES string of the molecule is O=C(CNC(=O)CSCc1nc2sc3c(c2c(=O)[nH]1)CCC3)NCc1ccccc1. The maximum Gasteiger partial charge on any atom is 0.259 e. The predicted molar refractivity (Wildman–Crippen MR) is 120 cm³/mol. The van der Waals surface area contributed by atoms with E-state index < -0.39 is 0 Å². The maximum absolute atomic E-state index is 12.4. The molecule has 4 rings (SSSR count). The smallest absolute Gasteiger partial charge is 0.259 e. The number of nitrogens with zero attached hydrogens (tertiary/aromatic N) is 1. The molecular weight excluding hydrogens is 420 g/mol. The number of H-pyrrole nitrogens is 1. The van der Waals surface area contributed by atoms with Crippen molar-refractivity contribution < 1.29 is 9.59 Å². The lowest BCUT2D eigenvalue weighted by Gasteiger charge is -2.07. The van der Waals surface area contributed by atoms with Gasteiger partial charge in [0.25, 0.3) is 5.56 Å². The van der Waals surface area contributed by atoms with Crippen LogP contribution in [0.1, 0.15) is 28.2 Å². The average molecular weight is 443 g/mol. The lowest BCUT2D eigenvalue weighted by atomic mass is 10.2. The molecule has 2 aromatic heterocycles. The summed E-state index contributed by atoms with van der Waals surface area (Å²) in [5, 5.41) is 6.11. The number of aromatic nitrogens is 2. The Labute approximate surface area is 181 Å². The molecule has 1 aliphatic carbocycles. The number of carbonyl (C=O) groups excluding carboxylic acids is 2. The molecule has 0 atom stereocenters. The Morgan fingerprint density at radius 3 is 2.80 bits per heavy atom. The lowest BCUT2D eigenvalue weighted by molar-refractivity contribution is -0.124. The molecular formula is C21H22N4O3S2. The normalized spacial score (nSPS) is 12.7. The van der Waals surface area contributed by atoms with Crippen LogP contribution in [0.5, 0.6) is 0 Å². The van der Waals surface area contributed by atoms with Gasteiger partial charge in [-0.05, 0) is 30.4 Å². The van der Waals surface area contributed by atoms with Crippen LogP contribution in [-0.4, -0.2) is 34.1 Å². The number of fused-ring (bicyclic) bond motifs is 3. The standard InChI is InChI=1S/C21H22N4O3S2/c26-17(22-9-13-5-2-1-3-6-13)10-23-18(27)12-29-11-16-24-20(28)19-14-7-4-8-15(14)30-21(19)25-16/h1-3,5-6H,4,7-12H2,(H,22,26)(H,23,27)(H,24,25,28). The summed E-state index contributed by atoms with van der Waals surface area (Å²) in [4.78, 5) is 45.8. The number of aromatic amines is 1. The minimum absolute atomic E-state index is 0.0615. The van der Waals surface area contributed by atoms with E-state index in [1.165, 1.54) is 16.6 Å². The summed E-state index contributed by atoms with van der Waals surface area (Å²) in [5.74, 6) is 0.731. The number of amides is 2. The van der Waals surface area contributed by atoms with E-state index in [9.17, 15) is 14.4 Å². The number of thiophene rings is 1. The van der Waals surface area contributed by atoms with E-state index in [1.54, 1.807) is 11.3 Å². The summed E-state index contributed by atoms with van der Waals surface area (Å²) in [6.45, 7) is 0.367. The zero-order valence-corrected chi connectivity index (χ0v) is 18.0. The van der Waals surface area contributed by atoms with Crippen molar-refractivity contribution in [3.05, 3.63) is 62.5 Å². The fourth-order valence-corrected chi connectivity index (χ4v) is 5.45. The third-order valence-electron chi connectivity index (χ3n) is 4.87. The molecule has 1 aliphatic rings. The molecule has 7 nitrogen and oxygen atoms in total. The second-order valence-electron chi connectivity index (χ2n) is 7.08. The Balaban J connectivity index is 1.21. The van der Waals surface area contributed by atoms with Gasteiger partial charge < -0.3 is 15.6 Å². The topological polar surface area (TPSA) is 104 Å².